The van der Waals surface area contributed by atoms with Gasteiger partial charge in [0.2, 0.25) is 0 Å². The van der Waals surface area contributed by atoms with Crippen LogP contribution in [0.5, 0.6) is 5.75 Å². The summed E-state index contributed by atoms with van der Waals surface area (Å²) in [7, 11) is 1.66. The molecule has 1 amide bonds. The maximum Gasteiger partial charge on any atom is 0.272 e. The molecule has 0 saturated carbocycles. The average molecular weight is 488 g/mol. The summed E-state index contributed by atoms with van der Waals surface area (Å²) in [5.74, 6) is 0.328. The molecule has 0 atom stereocenters. The first kappa shape index (κ1) is 23.8. The van der Waals surface area contributed by atoms with Crippen LogP contribution in [-0.4, -0.2) is 58.7 Å². The number of hydrogen-bond acceptors (Lipinski definition) is 5. The quantitative estimate of drug-likeness (QED) is 0.414. The number of fused-ring (bicyclic) bond motifs is 1. The van der Waals surface area contributed by atoms with Gasteiger partial charge in [-0.2, -0.15) is 5.10 Å². The number of anilines is 1. The van der Waals surface area contributed by atoms with Gasteiger partial charge in [0.1, 0.15) is 17.3 Å². The maximum atomic E-state index is 14.1. The monoisotopic (exact) mass is 487 g/mol. The number of benzene rings is 2. The molecule has 1 aliphatic heterocycles. The molecule has 0 unspecified atom stereocenters. The van der Waals surface area contributed by atoms with Crippen LogP contribution in [0.25, 0.3) is 16.9 Å². The lowest BCUT2D eigenvalue weighted by Gasteiger charge is -2.36. The summed E-state index contributed by atoms with van der Waals surface area (Å²) in [5.41, 5.74) is 3.83. The van der Waals surface area contributed by atoms with Gasteiger partial charge in [-0.25, -0.2) is 13.9 Å². The number of hydrogen-bond donors (Lipinski definition) is 0. The summed E-state index contributed by atoms with van der Waals surface area (Å²) >= 11 is 0. The molecule has 0 N–H and O–H groups in total. The van der Waals surface area contributed by atoms with Crippen molar-refractivity contribution >= 4 is 17.2 Å². The number of piperazine rings is 1. The number of aromatic nitrogens is 3. The standard InChI is InChI=1S/C28H30FN5O2/c1-28(2,3)25-18-26-30-21(17-23(34(26)31-25)19-8-7-9-20(29)16-19)27(35)33-14-12-32(13-15-33)22-10-5-6-11-24(22)36-4/h5-11,16-18H,12-15H2,1-4H3. The lowest BCUT2D eigenvalue weighted by Crippen LogP contribution is -2.49. The number of halogens is 1. The number of para-hydroxylation sites is 2. The minimum Gasteiger partial charge on any atom is -0.495 e. The molecule has 2 aromatic heterocycles. The molecule has 3 heterocycles. The number of ether oxygens (including phenoxy) is 1. The van der Waals surface area contributed by atoms with E-state index < -0.39 is 0 Å². The number of amides is 1. The van der Waals surface area contributed by atoms with E-state index in [0.717, 1.165) is 17.1 Å². The minimum absolute atomic E-state index is 0.145. The lowest BCUT2D eigenvalue weighted by atomic mass is 9.93. The Kier molecular flexibility index (Phi) is 6.12. The van der Waals surface area contributed by atoms with Crippen LogP contribution in [0.1, 0.15) is 37.0 Å². The zero-order chi connectivity index (χ0) is 25.4. The van der Waals surface area contributed by atoms with E-state index in [1.54, 1.807) is 23.8 Å². The molecule has 2 aromatic carbocycles. The zero-order valence-electron chi connectivity index (χ0n) is 21.0. The molecule has 0 radical (unpaired) electrons. The number of nitrogens with zero attached hydrogens (tertiary/aromatic N) is 5. The first-order chi connectivity index (χ1) is 17.2. The predicted octanol–water partition coefficient (Wildman–Crippen LogP) is 4.80. The molecule has 186 valence electrons. The smallest absolute Gasteiger partial charge is 0.272 e. The summed E-state index contributed by atoms with van der Waals surface area (Å²) in [4.78, 5) is 22.3. The van der Waals surface area contributed by atoms with Gasteiger partial charge in [-0.1, -0.05) is 45.0 Å². The van der Waals surface area contributed by atoms with Crippen molar-refractivity contribution in [3.63, 3.8) is 0 Å². The fourth-order valence-electron chi connectivity index (χ4n) is 4.51. The minimum atomic E-state index is -0.346. The van der Waals surface area contributed by atoms with Gasteiger partial charge < -0.3 is 14.5 Å². The second kappa shape index (κ2) is 9.26. The highest BCUT2D eigenvalue weighted by atomic mass is 19.1. The van der Waals surface area contributed by atoms with Gasteiger partial charge in [-0.3, -0.25) is 4.79 Å². The summed E-state index contributed by atoms with van der Waals surface area (Å²) in [5, 5.41) is 4.75. The van der Waals surface area contributed by atoms with E-state index in [4.69, 9.17) is 9.84 Å². The molecule has 0 aliphatic carbocycles. The van der Waals surface area contributed by atoms with Crippen LogP contribution >= 0.6 is 0 Å². The van der Waals surface area contributed by atoms with Crippen molar-refractivity contribution in [3.05, 3.63) is 77.9 Å². The van der Waals surface area contributed by atoms with E-state index in [-0.39, 0.29) is 17.1 Å². The van der Waals surface area contributed by atoms with E-state index >= 15 is 0 Å². The third kappa shape index (κ3) is 4.51. The van der Waals surface area contributed by atoms with Gasteiger partial charge in [-0.05, 0) is 30.3 Å². The van der Waals surface area contributed by atoms with Crippen LogP contribution in [-0.2, 0) is 5.41 Å². The first-order valence-corrected chi connectivity index (χ1v) is 12.1. The predicted molar refractivity (Wildman–Crippen MR) is 138 cm³/mol. The van der Waals surface area contributed by atoms with Crippen molar-refractivity contribution in [1.29, 1.82) is 0 Å². The molecule has 36 heavy (non-hydrogen) atoms. The van der Waals surface area contributed by atoms with Crippen molar-refractivity contribution in [1.82, 2.24) is 19.5 Å². The normalized spacial score (nSPS) is 14.4. The Labute approximate surface area is 210 Å². The number of carbonyl (C=O) groups excluding carboxylic acids is 1. The SMILES string of the molecule is COc1ccccc1N1CCN(C(=O)c2cc(-c3cccc(F)c3)n3nc(C(C)(C)C)cc3n2)CC1. The molecule has 1 fully saturated rings. The average Bonchev–Trinajstić information content (AvgIpc) is 3.33. The molecular weight excluding hydrogens is 457 g/mol. The van der Waals surface area contributed by atoms with Crippen molar-refractivity contribution < 1.29 is 13.9 Å². The highest BCUT2D eigenvalue weighted by Crippen LogP contribution is 2.30. The molecule has 1 aliphatic rings. The molecule has 5 rings (SSSR count). The van der Waals surface area contributed by atoms with Crippen molar-refractivity contribution in [3.8, 4) is 17.0 Å². The fraction of sp³-hybridized carbons (Fsp3) is 0.321. The van der Waals surface area contributed by atoms with Crippen LogP contribution in [0.3, 0.4) is 0 Å². The highest BCUT2D eigenvalue weighted by molar-refractivity contribution is 5.94. The van der Waals surface area contributed by atoms with Gasteiger partial charge >= 0.3 is 0 Å². The van der Waals surface area contributed by atoms with Gasteiger partial charge in [0, 0.05) is 43.2 Å². The van der Waals surface area contributed by atoms with Crippen LogP contribution in [0.15, 0.2) is 60.7 Å². The zero-order valence-corrected chi connectivity index (χ0v) is 21.0. The van der Waals surface area contributed by atoms with Gasteiger partial charge in [-0.15, -0.1) is 0 Å². The maximum absolute atomic E-state index is 14.1. The molecule has 8 heteroatoms. The number of methoxy groups -OCH3 is 1. The second-order valence-electron chi connectivity index (χ2n) is 10.0. The number of carbonyl (C=O) groups is 1. The third-order valence-electron chi connectivity index (χ3n) is 6.53. The molecule has 4 aromatic rings. The Bertz CT molecular complexity index is 1420. The van der Waals surface area contributed by atoms with E-state index in [1.807, 2.05) is 41.3 Å². The number of rotatable bonds is 4. The van der Waals surface area contributed by atoms with Gasteiger partial charge in [0.25, 0.3) is 5.91 Å². The van der Waals surface area contributed by atoms with Crippen LogP contribution in [0.2, 0.25) is 0 Å². The van der Waals surface area contributed by atoms with E-state index in [0.29, 0.717) is 48.8 Å². The Morgan fingerprint density at radius 2 is 1.72 bits per heavy atom. The Morgan fingerprint density at radius 1 is 0.972 bits per heavy atom. The van der Waals surface area contributed by atoms with Gasteiger partial charge in [0.05, 0.1) is 24.2 Å². The van der Waals surface area contributed by atoms with E-state index in [1.165, 1.54) is 12.1 Å². The Hall–Kier alpha value is -3.94. The molecular formula is C28H30FN5O2. The Morgan fingerprint density at radius 3 is 2.42 bits per heavy atom. The third-order valence-corrected chi connectivity index (χ3v) is 6.53. The van der Waals surface area contributed by atoms with Crippen molar-refractivity contribution in [2.45, 2.75) is 26.2 Å². The summed E-state index contributed by atoms with van der Waals surface area (Å²) < 4.78 is 21.3. The van der Waals surface area contributed by atoms with E-state index in [9.17, 15) is 9.18 Å². The second-order valence-corrected chi connectivity index (χ2v) is 10.0. The van der Waals surface area contributed by atoms with Crippen LogP contribution in [0.4, 0.5) is 10.1 Å². The first-order valence-electron chi connectivity index (χ1n) is 12.1. The van der Waals surface area contributed by atoms with Crippen LogP contribution in [0, 0.1) is 5.82 Å². The molecule has 1 saturated heterocycles. The van der Waals surface area contributed by atoms with Crippen LogP contribution < -0.4 is 9.64 Å². The summed E-state index contributed by atoms with van der Waals surface area (Å²) in [6.45, 7) is 8.72. The fourth-order valence-corrected chi connectivity index (χ4v) is 4.51. The van der Waals surface area contributed by atoms with Crippen molar-refractivity contribution in [2.75, 3.05) is 38.2 Å². The molecule has 7 nitrogen and oxygen atoms in total. The van der Waals surface area contributed by atoms with E-state index in [2.05, 4.69) is 30.7 Å². The summed E-state index contributed by atoms with van der Waals surface area (Å²) in [6.07, 6.45) is 0. The Balaban J connectivity index is 1.47. The topological polar surface area (TPSA) is 63.0 Å². The van der Waals surface area contributed by atoms with Crippen molar-refractivity contribution in [2.24, 2.45) is 0 Å². The highest BCUT2D eigenvalue weighted by Gasteiger charge is 2.27. The molecule has 0 spiro atoms. The summed E-state index contributed by atoms with van der Waals surface area (Å²) in [6, 6.07) is 17.9. The van der Waals surface area contributed by atoms with Gasteiger partial charge in [0.15, 0.2) is 5.65 Å². The largest absolute Gasteiger partial charge is 0.495 e. The molecule has 0 bridgehead atoms. The lowest BCUT2D eigenvalue weighted by molar-refractivity contribution is 0.0741.